The van der Waals surface area contributed by atoms with E-state index in [0.717, 1.165) is 36.8 Å². The summed E-state index contributed by atoms with van der Waals surface area (Å²) in [6.07, 6.45) is 4.33. The van der Waals surface area contributed by atoms with Crippen molar-refractivity contribution in [3.63, 3.8) is 0 Å². The molecule has 49 heavy (non-hydrogen) atoms. The van der Waals surface area contributed by atoms with E-state index in [4.69, 9.17) is 28.6 Å². The molecule has 1 heterocycles. The lowest BCUT2D eigenvalue weighted by Crippen LogP contribution is -2.59. The number of hydrogen-bond donors (Lipinski definition) is 6. The summed E-state index contributed by atoms with van der Waals surface area (Å²) in [5.41, 5.74) is 0.627. The third-order valence-corrected chi connectivity index (χ3v) is 10.6. The van der Waals surface area contributed by atoms with Crippen molar-refractivity contribution in [2.24, 2.45) is 28.8 Å². The first kappa shape index (κ1) is 34.7. The Hall–Kier alpha value is -4.16. The number of urea groups is 1. The number of benzene rings is 2. The number of anilines is 2. The Morgan fingerprint density at radius 3 is 2.16 bits per heavy atom. The van der Waals surface area contributed by atoms with Crippen molar-refractivity contribution in [1.29, 1.82) is 5.41 Å². The summed E-state index contributed by atoms with van der Waals surface area (Å²) >= 11 is 12.4. The van der Waals surface area contributed by atoms with E-state index in [1.165, 1.54) is 6.92 Å². The molecule has 6 rings (SSSR count). The van der Waals surface area contributed by atoms with Crippen LogP contribution in [0.3, 0.4) is 0 Å². The van der Waals surface area contributed by atoms with Gasteiger partial charge < -0.3 is 36.8 Å². The molecule has 0 radical (unpaired) electrons. The second-order valence-corrected chi connectivity index (χ2v) is 15.0. The molecule has 3 fully saturated rings. The molecule has 1 aliphatic heterocycles. The highest BCUT2D eigenvalue weighted by atomic mass is 35.5. The van der Waals surface area contributed by atoms with Gasteiger partial charge in [-0.2, -0.15) is 0 Å². The molecule has 1 unspecified atom stereocenters. The Morgan fingerprint density at radius 2 is 1.61 bits per heavy atom. The van der Waals surface area contributed by atoms with Crippen LogP contribution in [0, 0.1) is 29.1 Å². The zero-order chi connectivity index (χ0) is 35.2. The minimum atomic E-state index is -1.27. The van der Waals surface area contributed by atoms with Crippen LogP contribution in [0.1, 0.15) is 57.6 Å². The van der Waals surface area contributed by atoms with Gasteiger partial charge in [-0.05, 0) is 97.7 Å². The van der Waals surface area contributed by atoms with Crippen molar-refractivity contribution in [3.05, 3.63) is 57.6 Å². The van der Waals surface area contributed by atoms with Crippen molar-refractivity contribution in [2.75, 3.05) is 17.2 Å². The van der Waals surface area contributed by atoms with Gasteiger partial charge in [0.25, 0.3) is 11.8 Å². The molecule has 0 bridgehead atoms. The van der Waals surface area contributed by atoms with Crippen molar-refractivity contribution >= 4 is 69.8 Å². The Bertz CT molecular complexity index is 1710. The Labute approximate surface area is 294 Å². The van der Waals surface area contributed by atoms with Gasteiger partial charge in [-0.15, -0.1) is 0 Å². The lowest BCUT2D eigenvalue weighted by atomic mass is 9.88. The van der Waals surface area contributed by atoms with Gasteiger partial charge in [0.05, 0.1) is 11.8 Å². The lowest BCUT2D eigenvalue weighted by molar-refractivity contribution is -0.125. The zero-order valence-corrected chi connectivity index (χ0v) is 29.1. The summed E-state index contributed by atoms with van der Waals surface area (Å²) in [5, 5.41) is 32.6. The maximum absolute atomic E-state index is 14.3. The van der Waals surface area contributed by atoms with Gasteiger partial charge in [0.1, 0.15) is 11.6 Å². The van der Waals surface area contributed by atoms with E-state index in [1.807, 2.05) is 26.0 Å². The number of carbonyl (C=O) groups is 4. The number of nitrogens with one attached hydrogen (secondary N) is 5. The Balaban J connectivity index is 1.27. The fourth-order valence-corrected chi connectivity index (χ4v) is 7.86. The molecule has 3 atom stereocenters. The second kappa shape index (κ2) is 13.6. The van der Waals surface area contributed by atoms with Crippen LogP contribution in [0.2, 0.25) is 10.0 Å². The molecule has 5 amide bonds. The molecule has 6 N–H and O–H groups in total. The van der Waals surface area contributed by atoms with Crippen molar-refractivity contribution in [1.82, 2.24) is 15.5 Å². The molecule has 2 saturated carbocycles. The average Bonchev–Trinajstić information content (AvgIpc) is 3.96. The van der Waals surface area contributed by atoms with E-state index >= 15 is 0 Å². The van der Waals surface area contributed by atoms with Crippen LogP contribution in [-0.4, -0.2) is 69.5 Å². The summed E-state index contributed by atoms with van der Waals surface area (Å²) in [5.74, 6) is -0.899. The van der Waals surface area contributed by atoms with E-state index in [1.54, 1.807) is 29.2 Å². The number of amides is 5. The van der Waals surface area contributed by atoms with Crippen molar-refractivity contribution < 1.29 is 24.4 Å². The van der Waals surface area contributed by atoms with Crippen LogP contribution in [0.25, 0.3) is 0 Å². The van der Waals surface area contributed by atoms with Gasteiger partial charge in [0.2, 0.25) is 5.91 Å². The quantitative estimate of drug-likeness (QED) is 0.100. The molecule has 1 saturated heterocycles. The largest absolute Gasteiger partial charge is 0.410 e. The van der Waals surface area contributed by atoms with Crippen molar-refractivity contribution in [3.8, 4) is 0 Å². The molecule has 14 heteroatoms. The standard InChI is InChI=1S/C35H41Cl2N7O5/c1-17(2)27-16-44(34(48)41-27)35(33(47)40-26-12-23(36)11-24(37)13-26)14-21-8-9-25(10-22(21)15-35)39-32(46)30(28(19-4-5-19)20-6-7-20)42-31(45)29(43-49)18(3)38/h8-13,17,19-20,27-28,30,38,49H,4-7,14-16H2,1-3H3,(H,39,46)(H,40,47)(H,41,48)(H,42,45)/b38-18?,43-29+/t27-,30-,35?/m0/s1. The fraction of sp³-hybridized carbons (Fsp3) is 0.486. The van der Waals surface area contributed by atoms with E-state index in [9.17, 15) is 24.4 Å². The first-order chi connectivity index (χ1) is 23.3. The van der Waals surface area contributed by atoms with Gasteiger partial charge in [0, 0.05) is 40.8 Å². The molecule has 0 aromatic heterocycles. The third kappa shape index (κ3) is 7.26. The number of hydrogen-bond acceptors (Lipinski definition) is 7. The van der Waals surface area contributed by atoms with Gasteiger partial charge in [0.15, 0.2) is 5.71 Å². The molecule has 260 valence electrons. The van der Waals surface area contributed by atoms with Crippen LogP contribution in [0.15, 0.2) is 41.6 Å². The maximum Gasteiger partial charge on any atom is 0.318 e. The molecule has 2 aromatic rings. The molecular weight excluding hydrogens is 669 g/mol. The first-order valence-electron chi connectivity index (χ1n) is 16.7. The van der Waals surface area contributed by atoms with Gasteiger partial charge in [-0.25, -0.2) is 4.79 Å². The summed E-state index contributed by atoms with van der Waals surface area (Å²) in [7, 11) is 0. The highest BCUT2D eigenvalue weighted by Gasteiger charge is 2.54. The fourth-order valence-electron chi connectivity index (χ4n) is 7.34. The van der Waals surface area contributed by atoms with Crippen LogP contribution < -0.4 is 21.3 Å². The number of nitrogens with zero attached hydrogens (tertiary/aromatic N) is 2. The number of halogens is 2. The summed E-state index contributed by atoms with van der Waals surface area (Å²) in [4.78, 5) is 56.3. The Morgan fingerprint density at radius 1 is 0.980 bits per heavy atom. The number of fused-ring (bicyclic) bond motifs is 1. The lowest BCUT2D eigenvalue weighted by Gasteiger charge is -2.36. The van der Waals surface area contributed by atoms with Gasteiger partial charge in [-0.3, -0.25) is 14.4 Å². The summed E-state index contributed by atoms with van der Waals surface area (Å²) < 4.78 is 0. The normalized spacial score (nSPS) is 22.5. The van der Waals surface area contributed by atoms with Crippen molar-refractivity contribution in [2.45, 2.75) is 76.9 Å². The van der Waals surface area contributed by atoms with E-state index in [2.05, 4.69) is 26.4 Å². The van der Waals surface area contributed by atoms with Gasteiger partial charge in [-0.1, -0.05) is 48.3 Å². The Kier molecular flexibility index (Phi) is 9.65. The molecule has 2 aromatic carbocycles. The predicted molar refractivity (Wildman–Crippen MR) is 188 cm³/mol. The summed E-state index contributed by atoms with van der Waals surface area (Å²) in [6, 6.07) is 8.83. The predicted octanol–water partition coefficient (Wildman–Crippen LogP) is 5.25. The molecule has 3 aliphatic carbocycles. The highest BCUT2D eigenvalue weighted by Crippen LogP contribution is 2.51. The first-order valence-corrected chi connectivity index (χ1v) is 17.4. The minimum Gasteiger partial charge on any atom is -0.410 e. The monoisotopic (exact) mass is 709 g/mol. The smallest absolute Gasteiger partial charge is 0.318 e. The molecule has 4 aliphatic rings. The van der Waals surface area contributed by atoms with E-state index < -0.39 is 29.1 Å². The molecule has 12 nitrogen and oxygen atoms in total. The van der Waals surface area contributed by atoms with Crippen LogP contribution in [0.5, 0.6) is 0 Å². The van der Waals surface area contributed by atoms with E-state index in [-0.39, 0.29) is 48.4 Å². The summed E-state index contributed by atoms with van der Waals surface area (Å²) in [6.45, 7) is 5.72. The van der Waals surface area contributed by atoms with Crippen LogP contribution >= 0.6 is 23.2 Å². The van der Waals surface area contributed by atoms with Crippen LogP contribution in [0.4, 0.5) is 16.2 Å². The van der Waals surface area contributed by atoms with Crippen LogP contribution in [-0.2, 0) is 27.2 Å². The van der Waals surface area contributed by atoms with Gasteiger partial charge >= 0.3 is 6.03 Å². The maximum atomic E-state index is 14.3. The minimum absolute atomic E-state index is 0.0803. The average molecular weight is 711 g/mol. The topological polar surface area (TPSA) is 176 Å². The third-order valence-electron chi connectivity index (χ3n) is 10.2. The number of rotatable bonds is 12. The number of carbonyl (C=O) groups excluding carboxylic acids is 4. The zero-order valence-electron chi connectivity index (χ0n) is 27.6. The molecule has 0 spiro atoms. The van der Waals surface area contributed by atoms with E-state index in [0.29, 0.717) is 39.8 Å². The molecular formula is C35H41Cl2N7O5. The highest BCUT2D eigenvalue weighted by molar-refractivity contribution is 6.65. The SMILES string of the molecule is CC(=N)/C(=N\O)C(=O)N[C@H](C(=O)Nc1ccc2c(c1)CC(C(=O)Nc1cc(Cl)cc(Cl)c1)(N1C[C@@H](C(C)C)NC1=O)C2)C(C1CC1)C1CC1. The second-order valence-electron chi connectivity index (χ2n) is 14.2. The number of oxime groups is 1.